The monoisotopic (exact) mass is 481 g/mol. The van der Waals surface area contributed by atoms with Gasteiger partial charge in [0.25, 0.3) is 10.0 Å². The number of rotatable bonds is 9. The minimum atomic E-state index is -4.04. The highest BCUT2D eigenvalue weighted by molar-refractivity contribution is 7.92. The fourth-order valence-corrected chi connectivity index (χ4v) is 6.12. The lowest BCUT2D eigenvalue weighted by atomic mass is 10.3. The lowest BCUT2D eigenvalue weighted by Gasteiger charge is -2.20. The number of nitrogens with one attached hydrogen (secondary N) is 1. The highest BCUT2D eigenvalue weighted by Gasteiger charge is 2.25. The SMILES string of the molecule is CCN(CC)S(=O)(=O)c1ccc(OC)c(NS(=O)(=O)c2ccc(N3CCCC3=O)cc2)c1. The zero-order valence-corrected chi connectivity index (χ0v) is 19.9. The zero-order chi connectivity index (χ0) is 23.5. The van der Waals surface area contributed by atoms with Crippen LogP contribution in [0.3, 0.4) is 0 Å². The fourth-order valence-electron chi connectivity index (χ4n) is 3.57. The Morgan fingerprint density at radius 3 is 2.16 bits per heavy atom. The molecule has 1 aliphatic heterocycles. The summed E-state index contributed by atoms with van der Waals surface area (Å²) in [4.78, 5) is 13.5. The van der Waals surface area contributed by atoms with Crippen LogP contribution >= 0.6 is 0 Å². The van der Waals surface area contributed by atoms with Crippen molar-refractivity contribution < 1.29 is 26.4 Å². The van der Waals surface area contributed by atoms with Crippen LogP contribution in [0.2, 0.25) is 0 Å². The first-order valence-corrected chi connectivity index (χ1v) is 13.2. The van der Waals surface area contributed by atoms with Gasteiger partial charge in [-0.3, -0.25) is 9.52 Å². The van der Waals surface area contributed by atoms with Gasteiger partial charge in [-0.25, -0.2) is 16.8 Å². The maximum atomic E-state index is 13.0. The van der Waals surface area contributed by atoms with Gasteiger partial charge in [-0.15, -0.1) is 0 Å². The summed E-state index contributed by atoms with van der Waals surface area (Å²) in [5, 5.41) is 0. The predicted octanol–water partition coefficient (Wildman–Crippen LogP) is 2.65. The summed E-state index contributed by atoms with van der Waals surface area (Å²) in [5.74, 6) is 0.195. The Balaban J connectivity index is 1.92. The number of sulfonamides is 2. The number of carbonyl (C=O) groups is 1. The Labute approximate surface area is 189 Å². The lowest BCUT2D eigenvalue weighted by molar-refractivity contribution is -0.117. The third-order valence-corrected chi connectivity index (χ3v) is 8.72. The van der Waals surface area contributed by atoms with E-state index in [0.29, 0.717) is 18.7 Å². The lowest BCUT2D eigenvalue weighted by Crippen LogP contribution is -2.30. The van der Waals surface area contributed by atoms with Gasteiger partial charge in [0.05, 0.1) is 22.6 Å². The Morgan fingerprint density at radius 1 is 1.00 bits per heavy atom. The molecule has 9 nitrogen and oxygen atoms in total. The summed E-state index contributed by atoms with van der Waals surface area (Å²) in [6.45, 7) is 4.64. The number of ether oxygens (including phenoxy) is 1. The molecular weight excluding hydrogens is 454 g/mol. The number of methoxy groups -OCH3 is 1. The second-order valence-electron chi connectivity index (χ2n) is 7.20. The van der Waals surface area contributed by atoms with Gasteiger partial charge in [-0.05, 0) is 48.9 Å². The number of amides is 1. The normalized spacial score (nSPS) is 14.8. The number of anilines is 2. The van der Waals surface area contributed by atoms with Crippen molar-refractivity contribution in [1.29, 1.82) is 0 Å². The van der Waals surface area contributed by atoms with Gasteiger partial charge < -0.3 is 9.64 Å². The van der Waals surface area contributed by atoms with Crippen molar-refractivity contribution in [3.63, 3.8) is 0 Å². The molecule has 0 aromatic heterocycles. The highest BCUT2D eigenvalue weighted by atomic mass is 32.2. The molecule has 1 saturated heterocycles. The number of carbonyl (C=O) groups excluding carboxylic acids is 1. The Bertz CT molecular complexity index is 1190. The standard InChI is InChI=1S/C21H27N3O6S2/c1-4-23(5-2)32(28,29)18-12-13-20(30-3)19(15-18)22-31(26,27)17-10-8-16(9-11-17)24-14-6-7-21(24)25/h8-13,15,22H,4-7,14H2,1-3H3. The number of hydrogen-bond acceptors (Lipinski definition) is 6. The van der Waals surface area contributed by atoms with Crippen LogP contribution in [0.1, 0.15) is 26.7 Å². The molecule has 0 bridgehead atoms. The van der Waals surface area contributed by atoms with E-state index in [1.165, 1.54) is 41.7 Å². The van der Waals surface area contributed by atoms with Crippen molar-refractivity contribution in [2.45, 2.75) is 36.5 Å². The average molecular weight is 482 g/mol. The molecular formula is C21H27N3O6S2. The van der Waals surface area contributed by atoms with E-state index in [2.05, 4.69) is 4.72 Å². The van der Waals surface area contributed by atoms with Crippen LogP contribution in [0.15, 0.2) is 52.3 Å². The minimum absolute atomic E-state index is 0.00898. The maximum absolute atomic E-state index is 13.0. The molecule has 1 amide bonds. The van der Waals surface area contributed by atoms with Gasteiger partial charge >= 0.3 is 0 Å². The van der Waals surface area contributed by atoms with E-state index in [-0.39, 0.29) is 40.2 Å². The molecule has 2 aromatic rings. The summed E-state index contributed by atoms with van der Waals surface area (Å²) in [6.07, 6.45) is 1.25. The quantitative estimate of drug-likeness (QED) is 0.589. The Morgan fingerprint density at radius 2 is 1.62 bits per heavy atom. The number of nitrogens with zero attached hydrogens (tertiary/aromatic N) is 2. The van der Waals surface area contributed by atoms with Crippen LogP contribution in [0, 0.1) is 0 Å². The van der Waals surface area contributed by atoms with Crippen LogP contribution in [-0.2, 0) is 24.8 Å². The molecule has 0 saturated carbocycles. The first-order valence-electron chi connectivity index (χ1n) is 10.3. The molecule has 3 rings (SSSR count). The zero-order valence-electron chi connectivity index (χ0n) is 18.2. The van der Waals surface area contributed by atoms with Crippen LogP contribution in [0.4, 0.5) is 11.4 Å². The van der Waals surface area contributed by atoms with Gasteiger partial charge in [-0.2, -0.15) is 4.31 Å². The largest absolute Gasteiger partial charge is 0.495 e. The summed E-state index contributed by atoms with van der Waals surface area (Å²) in [7, 11) is -6.45. The smallest absolute Gasteiger partial charge is 0.262 e. The summed E-state index contributed by atoms with van der Waals surface area (Å²) >= 11 is 0. The van der Waals surface area contributed by atoms with Gasteiger partial charge in [0.1, 0.15) is 5.75 Å². The third-order valence-electron chi connectivity index (χ3n) is 5.29. The summed E-state index contributed by atoms with van der Waals surface area (Å²) < 4.78 is 60.6. The third kappa shape index (κ3) is 4.74. The molecule has 1 fully saturated rings. The van der Waals surface area contributed by atoms with E-state index in [1.807, 2.05) is 0 Å². The van der Waals surface area contributed by atoms with Crippen molar-refractivity contribution in [3.8, 4) is 5.75 Å². The molecule has 11 heteroatoms. The summed E-state index contributed by atoms with van der Waals surface area (Å²) in [6, 6.07) is 10.0. The predicted molar refractivity (Wildman–Crippen MR) is 122 cm³/mol. The van der Waals surface area contributed by atoms with E-state index in [9.17, 15) is 21.6 Å². The maximum Gasteiger partial charge on any atom is 0.262 e. The highest BCUT2D eigenvalue weighted by Crippen LogP contribution is 2.31. The topological polar surface area (TPSA) is 113 Å². The van der Waals surface area contributed by atoms with Crippen molar-refractivity contribution in [3.05, 3.63) is 42.5 Å². The molecule has 32 heavy (non-hydrogen) atoms. The van der Waals surface area contributed by atoms with Crippen LogP contribution in [0.5, 0.6) is 5.75 Å². The second-order valence-corrected chi connectivity index (χ2v) is 10.8. The molecule has 0 atom stereocenters. The van der Waals surface area contributed by atoms with Crippen molar-refractivity contribution in [1.82, 2.24) is 4.31 Å². The Kier molecular flexibility index (Phi) is 7.11. The molecule has 1 N–H and O–H groups in total. The molecule has 0 unspecified atom stereocenters. The van der Waals surface area contributed by atoms with Crippen LogP contribution in [-0.4, -0.2) is 53.8 Å². The molecule has 1 heterocycles. The molecule has 0 spiro atoms. The first kappa shape index (κ1) is 24.0. The molecule has 0 aliphatic carbocycles. The number of benzene rings is 2. The van der Waals surface area contributed by atoms with Crippen molar-refractivity contribution >= 4 is 37.3 Å². The first-order chi connectivity index (χ1) is 15.1. The second kappa shape index (κ2) is 9.47. The van der Waals surface area contributed by atoms with E-state index in [4.69, 9.17) is 4.74 Å². The van der Waals surface area contributed by atoms with E-state index >= 15 is 0 Å². The van der Waals surface area contributed by atoms with E-state index in [1.54, 1.807) is 30.9 Å². The average Bonchev–Trinajstić information content (AvgIpc) is 3.20. The molecule has 2 aromatic carbocycles. The van der Waals surface area contributed by atoms with Crippen molar-refractivity contribution in [2.24, 2.45) is 0 Å². The molecule has 1 aliphatic rings. The van der Waals surface area contributed by atoms with Gasteiger partial charge in [0.2, 0.25) is 15.9 Å². The van der Waals surface area contributed by atoms with Crippen LogP contribution in [0.25, 0.3) is 0 Å². The van der Waals surface area contributed by atoms with Crippen LogP contribution < -0.4 is 14.4 Å². The van der Waals surface area contributed by atoms with Gasteiger partial charge in [0.15, 0.2) is 0 Å². The van der Waals surface area contributed by atoms with Gasteiger partial charge in [0, 0.05) is 31.7 Å². The van der Waals surface area contributed by atoms with Gasteiger partial charge in [-0.1, -0.05) is 13.8 Å². The van der Waals surface area contributed by atoms with E-state index in [0.717, 1.165) is 6.42 Å². The summed E-state index contributed by atoms with van der Waals surface area (Å²) in [5.41, 5.74) is 0.649. The molecule has 174 valence electrons. The van der Waals surface area contributed by atoms with Crippen molar-refractivity contribution in [2.75, 3.05) is 36.4 Å². The fraction of sp³-hybridized carbons (Fsp3) is 0.381. The minimum Gasteiger partial charge on any atom is -0.495 e. The Hall–Kier alpha value is -2.63. The van der Waals surface area contributed by atoms with E-state index < -0.39 is 20.0 Å². The molecule has 0 radical (unpaired) electrons. The number of hydrogen-bond donors (Lipinski definition) is 1.